The zero-order valence-corrected chi connectivity index (χ0v) is 12.6. The molecule has 0 N–H and O–H groups in total. The highest BCUT2D eigenvalue weighted by Gasteiger charge is 2.34. The van der Waals surface area contributed by atoms with E-state index in [0.717, 1.165) is 23.7 Å². The first-order chi connectivity index (χ1) is 10.1. The van der Waals surface area contributed by atoms with Gasteiger partial charge in [-0.15, -0.1) is 0 Å². The minimum Gasteiger partial charge on any atom is -0.465 e. The standard InChI is InChI=1S/C15H15NO4S/c1-3-8-16-13(17)12(21-15(16)19)9-10-4-6-11(7-5-10)14(18)20-2/h4-7,9H,3,8H2,1-2H3/b12-9+. The van der Waals surface area contributed by atoms with Gasteiger partial charge in [-0.1, -0.05) is 19.1 Å². The molecule has 0 atom stereocenters. The molecule has 1 aromatic carbocycles. The number of imide groups is 1. The number of esters is 1. The van der Waals surface area contributed by atoms with Crippen LogP contribution < -0.4 is 0 Å². The van der Waals surface area contributed by atoms with E-state index in [9.17, 15) is 14.4 Å². The Hall–Kier alpha value is -2.08. The number of carbonyl (C=O) groups excluding carboxylic acids is 3. The number of thioether (sulfide) groups is 1. The molecule has 1 fully saturated rings. The Morgan fingerprint density at radius 1 is 1.29 bits per heavy atom. The third kappa shape index (κ3) is 3.33. The highest BCUT2D eigenvalue weighted by atomic mass is 32.2. The first-order valence-corrected chi connectivity index (χ1v) is 7.32. The zero-order valence-electron chi connectivity index (χ0n) is 11.8. The van der Waals surface area contributed by atoms with Gasteiger partial charge in [-0.25, -0.2) is 4.79 Å². The minimum absolute atomic E-state index is 0.237. The van der Waals surface area contributed by atoms with Crippen LogP contribution in [-0.2, 0) is 9.53 Å². The number of methoxy groups -OCH3 is 1. The molecular weight excluding hydrogens is 290 g/mol. The second kappa shape index (κ2) is 6.58. The fraction of sp³-hybridized carbons (Fsp3) is 0.267. The van der Waals surface area contributed by atoms with Gasteiger partial charge in [0.25, 0.3) is 11.1 Å². The van der Waals surface area contributed by atoms with Crippen LogP contribution in [0.2, 0.25) is 0 Å². The molecule has 5 nitrogen and oxygen atoms in total. The first-order valence-electron chi connectivity index (χ1n) is 6.50. The van der Waals surface area contributed by atoms with Gasteiger partial charge in [0.05, 0.1) is 17.6 Å². The summed E-state index contributed by atoms with van der Waals surface area (Å²) in [6.07, 6.45) is 2.39. The lowest BCUT2D eigenvalue weighted by molar-refractivity contribution is -0.122. The van der Waals surface area contributed by atoms with Gasteiger partial charge in [-0.05, 0) is 42.0 Å². The summed E-state index contributed by atoms with van der Waals surface area (Å²) < 4.78 is 4.62. The smallest absolute Gasteiger partial charge is 0.337 e. The van der Waals surface area contributed by atoms with Crippen LogP contribution in [0.25, 0.3) is 6.08 Å². The summed E-state index contributed by atoms with van der Waals surface area (Å²) in [5.74, 6) is -0.672. The predicted octanol–water partition coefficient (Wildman–Crippen LogP) is 2.92. The number of rotatable bonds is 4. The van der Waals surface area contributed by atoms with E-state index in [1.54, 1.807) is 30.3 Å². The van der Waals surface area contributed by atoms with Gasteiger partial charge in [-0.3, -0.25) is 14.5 Å². The molecule has 0 bridgehead atoms. The Morgan fingerprint density at radius 3 is 2.52 bits per heavy atom. The van der Waals surface area contributed by atoms with Crippen molar-refractivity contribution in [2.24, 2.45) is 0 Å². The molecule has 1 aliphatic rings. The van der Waals surface area contributed by atoms with Crippen molar-refractivity contribution >= 4 is 35.0 Å². The van der Waals surface area contributed by atoms with E-state index in [2.05, 4.69) is 4.74 Å². The highest BCUT2D eigenvalue weighted by molar-refractivity contribution is 8.18. The largest absolute Gasteiger partial charge is 0.465 e. The third-order valence-corrected chi connectivity index (χ3v) is 3.86. The van der Waals surface area contributed by atoms with Crippen molar-refractivity contribution < 1.29 is 19.1 Å². The van der Waals surface area contributed by atoms with E-state index in [1.165, 1.54) is 12.0 Å². The van der Waals surface area contributed by atoms with Gasteiger partial charge in [-0.2, -0.15) is 0 Å². The molecular formula is C15H15NO4S. The molecule has 0 aromatic heterocycles. The summed E-state index contributed by atoms with van der Waals surface area (Å²) in [5, 5.41) is -0.237. The van der Waals surface area contributed by atoms with Gasteiger partial charge in [0.1, 0.15) is 0 Å². The summed E-state index contributed by atoms with van der Waals surface area (Å²) in [4.78, 5) is 36.8. The Balaban J connectivity index is 2.19. The molecule has 1 heterocycles. The maximum absolute atomic E-state index is 12.1. The van der Waals surface area contributed by atoms with Crippen molar-refractivity contribution in [3.05, 3.63) is 40.3 Å². The second-order valence-electron chi connectivity index (χ2n) is 4.45. The van der Waals surface area contributed by atoms with Crippen LogP contribution in [0.1, 0.15) is 29.3 Å². The molecule has 0 spiro atoms. The molecule has 0 radical (unpaired) electrons. The normalized spacial score (nSPS) is 16.7. The van der Waals surface area contributed by atoms with Crippen LogP contribution in [0.5, 0.6) is 0 Å². The molecule has 110 valence electrons. The summed E-state index contributed by atoms with van der Waals surface area (Å²) in [6.45, 7) is 2.35. The van der Waals surface area contributed by atoms with Gasteiger partial charge < -0.3 is 4.74 Å². The van der Waals surface area contributed by atoms with Gasteiger partial charge in [0.15, 0.2) is 0 Å². The maximum Gasteiger partial charge on any atom is 0.337 e. The number of nitrogens with zero attached hydrogens (tertiary/aromatic N) is 1. The molecule has 2 rings (SSSR count). The van der Waals surface area contributed by atoms with Crippen molar-refractivity contribution in [2.75, 3.05) is 13.7 Å². The lowest BCUT2D eigenvalue weighted by Gasteiger charge is -2.09. The molecule has 0 saturated carbocycles. The Labute approximate surface area is 127 Å². The number of hydrogen-bond donors (Lipinski definition) is 0. The van der Waals surface area contributed by atoms with E-state index in [0.29, 0.717) is 17.0 Å². The summed E-state index contributed by atoms with van der Waals surface area (Å²) in [6, 6.07) is 6.65. The van der Waals surface area contributed by atoms with Crippen LogP contribution in [0.4, 0.5) is 4.79 Å². The fourth-order valence-electron chi connectivity index (χ4n) is 1.90. The molecule has 0 unspecified atom stereocenters. The maximum atomic E-state index is 12.1. The van der Waals surface area contributed by atoms with Crippen LogP contribution in [-0.4, -0.2) is 35.7 Å². The lowest BCUT2D eigenvalue weighted by atomic mass is 10.1. The van der Waals surface area contributed by atoms with Crippen molar-refractivity contribution in [1.82, 2.24) is 4.90 Å². The van der Waals surface area contributed by atoms with Crippen molar-refractivity contribution in [3.8, 4) is 0 Å². The van der Waals surface area contributed by atoms with E-state index < -0.39 is 5.97 Å². The Morgan fingerprint density at radius 2 is 1.95 bits per heavy atom. The molecule has 0 aliphatic carbocycles. The summed E-state index contributed by atoms with van der Waals surface area (Å²) in [5.41, 5.74) is 1.19. The van der Waals surface area contributed by atoms with Gasteiger partial charge in [0.2, 0.25) is 0 Å². The van der Waals surface area contributed by atoms with Gasteiger partial charge >= 0.3 is 5.97 Å². The number of carbonyl (C=O) groups is 3. The van der Waals surface area contributed by atoms with Gasteiger partial charge in [0, 0.05) is 6.54 Å². The number of amides is 2. The van der Waals surface area contributed by atoms with E-state index in [4.69, 9.17) is 0 Å². The van der Waals surface area contributed by atoms with E-state index >= 15 is 0 Å². The highest BCUT2D eigenvalue weighted by Crippen LogP contribution is 2.32. The Kier molecular flexibility index (Phi) is 4.80. The van der Waals surface area contributed by atoms with Crippen molar-refractivity contribution in [1.29, 1.82) is 0 Å². The topological polar surface area (TPSA) is 63.7 Å². The average molecular weight is 305 g/mol. The van der Waals surface area contributed by atoms with Crippen molar-refractivity contribution in [2.45, 2.75) is 13.3 Å². The SMILES string of the molecule is CCCN1C(=O)S/C(=C/c2ccc(C(=O)OC)cc2)C1=O. The average Bonchev–Trinajstić information content (AvgIpc) is 2.75. The molecule has 1 aliphatic heterocycles. The lowest BCUT2D eigenvalue weighted by Crippen LogP contribution is -2.28. The molecule has 6 heteroatoms. The minimum atomic E-state index is -0.412. The number of hydrogen-bond acceptors (Lipinski definition) is 5. The monoisotopic (exact) mass is 305 g/mol. The molecule has 1 aromatic rings. The Bertz CT molecular complexity index is 607. The zero-order chi connectivity index (χ0) is 15.4. The quantitative estimate of drug-likeness (QED) is 0.632. The van der Waals surface area contributed by atoms with Crippen molar-refractivity contribution in [3.63, 3.8) is 0 Å². The predicted molar refractivity (Wildman–Crippen MR) is 80.7 cm³/mol. The fourth-order valence-corrected chi connectivity index (χ4v) is 2.77. The second-order valence-corrected chi connectivity index (χ2v) is 5.44. The van der Waals surface area contributed by atoms with Crippen LogP contribution in [0.15, 0.2) is 29.2 Å². The third-order valence-electron chi connectivity index (χ3n) is 2.95. The number of ether oxygens (including phenoxy) is 1. The van der Waals surface area contributed by atoms with E-state index in [-0.39, 0.29) is 11.1 Å². The molecule has 2 amide bonds. The van der Waals surface area contributed by atoms with Crippen LogP contribution in [0.3, 0.4) is 0 Å². The first kappa shape index (κ1) is 15.3. The van der Waals surface area contributed by atoms with E-state index in [1.807, 2.05) is 6.92 Å². The molecule has 21 heavy (non-hydrogen) atoms. The summed E-state index contributed by atoms with van der Waals surface area (Å²) >= 11 is 0.938. The van der Waals surface area contributed by atoms with Crippen LogP contribution in [0, 0.1) is 0 Å². The summed E-state index contributed by atoms with van der Waals surface area (Å²) in [7, 11) is 1.32. The molecule has 1 saturated heterocycles. The van der Waals surface area contributed by atoms with Crippen LogP contribution >= 0.6 is 11.8 Å². The number of benzene rings is 1.